The lowest BCUT2D eigenvalue weighted by Crippen LogP contribution is -2.12. The van der Waals surface area contributed by atoms with Crippen LogP contribution in [0.25, 0.3) is 22.1 Å². The molecular formula is C14H9FN6O. The van der Waals surface area contributed by atoms with E-state index in [2.05, 4.69) is 30.7 Å². The molecule has 0 saturated heterocycles. The van der Waals surface area contributed by atoms with Gasteiger partial charge >= 0.3 is 0 Å². The number of aromatic nitrogens is 5. The number of fused-ring (bicyclic) bond motifs is 2. The molecule has 7 nitrogen and oxygen atoms in total. The van der Waals surface area contributed by atoms with Crippen LogP contribution in [-0.4, -0.2) is 31.3 Å². The molecule has 0 saturated carbocycles. The van der Waals surface area contributed by atoms with Gasteiger partial charge in [0.25, 0.3) is 5.91 Å². The molecule has 0 fully saturated rings. The molecule has 0 aliphatic carbocycles. The minimum Gasteiger partial charge on any atom is -0.344 e. The molecule has 0 aliphatic rings. The zero-order valence-corrected chi connectivity index (χ0v) is 11.1. The lowest BCUT2D eigenvalue weighted by molar-refractivity contribution is 0.102. The quantitative estimate of drug-likeness (QED) is 0.528. The van der Waals surface area contributed by atoms with Gasteiger partial charge in [-0.3, -0.25) is 4.79 Å². The number of imidazole rings is 1. The third kappa shape index (κ3) is 1.97. The average molecular weight is 296 g/mol. The van der Waals surface area contributed by atoms with Crippen LogP contribution in [0.4, 0.5) is 10.1 Å². The van der Waals surface area contributed by atoms with Gasteiger partial charge in [0, 0.05) is 5.69 Å². The Bertz CT molecular complexity index is 1000. The van der Waals surface area contributed by atoms with Crippen LogP contribution in [0.3, 0.4) is 0 Å². The highest BCUT2D eigenvalue weighted by Crippen LogP contribution is 2.20. The zero-order valence-electron chi connectivity index (χ0n) is 11.1. The van der Waals surface area contributed by atoms with E-state index in [0.717, 1.165) is 6.07 Å². The van der Waals surface area contributed by atoms with Gasteiger partial charge in [-0.15, -0.1) is 0 Å². The number of carbonyl (C=O) groups excluding carboxylic acids is 1. The Hall–Kier alpha value is -3.29. The van der Waals surface area contributed by atoms with Crippen molar-refractivity contribution in [3.05, 3.63) is 48.0 Å². The van der Waals surface area contributed by atoms with Crippen molar-refractivity contribution < 1.29 is 9.18 Å². The largest absolute Gasteiger partial charge is 0.344 e. The highest BCUT2D eigenvalue weighted by atomic mass is 19.1. The van der Waals surface area contributed by atoms with Crippen molar-refractivity contribution in [1.82, 2.24) is 25.4 Å². The fraction of sp³-hybridized carbons (Fsp3) is 0. The highest BCUT2D eigenvalue weighted by Gasteiger charge is 2.14. The van der Waals surface area contributed by atoms with E-state index < -0.39 is 11.7 Å². The number of amides is 1. The number of aromatic amines is 2. The van der Waals surface area contributed by atoms with Gasteiger partial charge in [0.15, 0.2) is 0 Å². The number of carbonyl (C=O) groups is 1. The fourth-order valence-corrected chi connectivity index (χ4v) is 2.30. The molecule has 4 rings (SSSR count). The van der Waals surface area contributed by atoms with Gasteiger partial charge in [0.1, 0.15) is 22.4 Å². The van der Waals surface area contributed by atoms with Crippen LogP contribution in [0.5, 0.6) is 0 Å². The van der Waals surface area contributed by atoms with E-state index in [4.69, 9.17) is 0 Å². The van der Waals surface area contributed by atoms with Gasteiger partial charge in [-0.1, -0.05) is 0 Å². The molecule has 22 heavy (non-hydrogen) atoms. The molecule has 3 N–H and O–H groups in total. The van der Waals surface area contributed by atoms with E-state index >= 15 is 0 Å². The van der Waals surface area contributed by atoms with Gasteiger partial charge in [-0.25, -0.2) is 9.37 Å². The molecule has 0 radical (unpaired) electrons. The Morgan fingerprint density at radius 1 is 1.14 bits per heavy atom. The fourth-order valence-electron chi connectivity index (χ4n) is 2.30. The number of hydrogen-bond donors (Lipinski definition) is 3. The average Bonchev–Trinajstić information content (AvgIpc) is 3.13. The van der Waals surface area contributed by atoms with Crippen LogP contribution in [0, 0.1) is 5.82 Å². The lowest BCUT2D eigenvalue weighted by Gasteiger charge is -2.06. The summed E-state index contributed by atoms with van der Waals surface area (Å²) in [4.78, 5) is 19.2. The van der Waals surface area contributed by atoms with Crippen LogP contribution in [-0.2, 0) is 0 Å². The molecule has 0 bridgehead atoms. The maximum Gasteiger partial charge on any atom is 0.258 e. The summed E-state index contributed by atoms with van der Waals surface area (Å²) >= 11 is 0. The van der Waals surface area contributed by atoms with Crippen LogP contribution < -0.4 is 5.32 Å². The lowest BCUT2D eigenvalue weighted by atomic mass is 10.1. The molecule has 2 heterocycles. The van der Waals surface area contributed by atoms with Crippen molar-refractivity contribution in [3.8, 4) is 0 Å². The number of halogens is 1. The normalized spacial score (nSPS) is 11.1. The van der Waals surface area contributed by atoms with Crippen molar-refractivity contribution in [3.63, 3.8) is 0 Å². The highest BCUT2D eigenvalue weighted by molar-refractivity contribution is 6.11. The molecule has 2 aromatic heterocycles. The monoisotopic (exact) mass is 296 g/mol. The van der Waals surface area contributed by atoms with Crippen LogP contribution in [0.1, 0.15) is 10.4 Å². The first-order chi connectivity index (χ1) is 10.7. The Kier molecular flexibility index (Phi) is 2.62. The molecule has 8 heteroatoms. The Morgan fingerprint density at radius 3 is 2.91 bits per heavy atom. The van der Waals surface area contributed by atoms with Gasteiger partial charge in [0.2, 0.25) is 0 Å². The molecule has 4 aromatic rings. The summed E-state index contributed by atoms with van der Waals surface area (Å²) in [5.41, 5.74) is 2.91. The van der Waals surface area contributed by atoms with Gasteiger partial charge < -0.3 is 10.3 Å². The number of rotatable bonds is 2. The predicted octanol–water partition coefficient (Wildman–Crippen LogP) is 2.23. The maximum absolute atomic E-state index is 13.6. The van der Waals surface area contributed by atoms with Gasteiger partial charge in [-0.05, 0) is 30.3 Å². The van der Waals surface area contributed by atoms with Crippen molar-refractivity contribution in [2.24, 2.45) is 0 Å². The van der Waals surface area contributed by atoms with Crippen molar-refractivity contribution >= 4 is 33.7 Å². The van der Waals surface area contributed by atoms with Crippen molar-refractivity contribution in [2.45, 2.75) is 0 Å². The maximum atomic E-state index is 13.6. The summed E-state index contributed by atoms with van der Waals surface area (Å²) in [7, 11) is 0. The van der Waals surface area contributed by atoms with Crippen molar-refractivity contribution in [1.29, 1.82) is 0 Å². The van der Waals surface area contributed by atoms with Gasteiger partial charge in [-0.2, -0.15) is 15.4 Å². The Morgan fingerprint density at radius 2 is 2.00 bits per heavy atom. The molecule has 1 amide bonds. The second-order valence-electron chi connectivity index (χ2n) is 4.73. The topological polar surface area (TPSA) is 99.4 Å². The third-order valence-corrected chi connectivity index (χ3v) is 3.31. The molecule has 0 spiro atoms. The number of nitrogens with zero attached hydrogens (tertiary/aromatic N) is 3. The molecule has 0 atom stereocenters. The first-order valence-corrected chi connectivity index (χ1v) is 6.45. The number of anilines is 1. The van der Waals surface area contributed by atoms with Crippen molar-refractivity contribution in [2.75, 3.05) is 5.32 Å². The summed E-state index contributed by atoms with van der Waals surface area (Å²) in [5.74, 6) is -0.951. The summed E-state index contributed by atoms with van der Waals surface area (Å²) in [6, 6.07) is 7.55. The van der Waals surface area contributed by atoms with E-state index in [-0.39, 0.29) is 5.56 Å². The summed E-state index contributed by atoms with van der Waals surface area (Å²) in [6.45, 7) is 0. The number of H-pyrrole nitrogens is 2. The molecule has 108 valence electrons. The number of benzene rings is 2. The SMILES string of the molecule is O=C(Nc1ccc2n[nH]nc2c1)c1cc(F)cc2[nH]cnc12. The van der Waals surface area contributed by atoms with E-state index in [9.17, 15) is 9.18 Å². The first-order valence-electron chi connectivity index (χ1n) is 6.45. The summed E-state index contributed by atoms with van der Waals surface area (Å²) in [5, 5.41) is 13.1. The van der Waals surface area contributed by atoms with E-state index in [1.54, 1.807) is 18.2 Å². The predicted molar refractivity (Wildman–Crippen MR) is 77.9 cm³/mol. The zero-order chi connectivity index (χ0) is 15.1. The van der Waals surface area contributed by atoms with Crippen LogP contribution in [0.15, 0.2) is 36.7 Å². The van der Waals surface area contributed by atoms with E-state index in [1.807, 2.05) is 0 Å². The second kappa shape index (κ2) is 4.62. The molecular weight excluding hydrogens is 287 g/mol. The Labute approximate surface area is 122 Å². The number of hydrogen-bond acceptors (Lipinski definition) is 4. The third-order valence-electron chi connectivity index (χ3n) is 3.31. The van der Waals surface area contributed by atoms with E-state index in [1.165, 1.54) is 12.4 Å². The van der Waals surface area contributed by atoms with Crippen LogP contribution >= 0.6 is 0 Å². The second-order valence-corrected chi connectivity index (χ2v) is 4.73. The number of nitrogens with one attached hydrogen (secondary N) is 3. The Balaban J connectivity index is 1.72. The van der Waals surface area contributed by atoms with Gasteiger partial charge in [0.05, 0.1) is 17.4 Å². The summed E-state index contributed by atoms with van der Waals surface area (Å²) in [6.07, 6.45) is 1.42. The van der Waals surface area contributed by atoms with Crippen LogP contribution in [0.2, 0.25) is 0 Å². The summed E-state index contributed by atoms with van der Waals surface area (Å²) < 4.78 is 13.6. The standard InChI is InChI=1S/C14H9FN6O/c15-7-3-9(13-12(4-7)16-6-17-13)14(22)18-8-1-2-10-11(5-8)20-21-19-10/h1-6H,(H,16,17)(H,18,22)(H,19,20,21). The smallest absolute Gasteiger partial charge is 0.258 e. The minimum atomic E-state index is -0.506. The minimum absolute atomic E-state index is 0.163. The molecule has 2 aromatic carbocycles. The first kappa shape index (κ1) is 12.5. The van der Waals surface area contributed by atoms with E-state index in [0.29, 0.717) is 27.8 Å². The molecule has 0 aliphatic heterocycles. The molecule has 0 unspecified atom stereocenters.